The van der Waals surface area contributed by atoms with E-state index in [1.807, 2.05) is 11.3 Å². The minimum Gasteiger partial charge on any atom is -0.382 e. The van der Waals surface area contributed by atoms with Crippen LogP contribution in [-0.2, 0) is 16.0 Å². The third kappa shape index (κ3) is 2.80. The number of rotatable bonds is 6. The highest BCUT2D eigenvalue weighted by atomic mass is 32.1. The number of ether oxygens (including phenoxy) is 2. The van der Waals surface area contributed by atoms with E-state index < -0.39 is 0 Å². The molecule has 0 bridgehead atoms. The van der Waals surface area contributed by atoms with E-state index in [9.17, 15) is 0 Å². The van der Waals surface area contributed by atoms with Gasteiger partial charge in [-0.3, -0.25) is 4.90 Å². The molecule has 0 N–H and O–H groups in total. The summed E-state index contributed by atoms with van der Waals surface area (Å²) < 4.78 is 11.6. The Balaban J connectivity index is 1.51. The number of hydrogen-bond donors (Lipinski definition) is 0. The highest BCUT2D eigenvalue weighted by molar-refractivity contribution is 7.10. The Labute approximate surface area is 125 Å². The predicted molar refractivity (Wildman–Crippen MR) is 82.2 cm³/mol. The van der Waals surface area contributed by atoms with Crippen LogP contribution in [-0.4, -0.2) is 43.4 Å². The van der Waals surface area contributed by atoms with Gasteiger partial charge in [-0.2, -0.15) is 0 Å². The van der Waals surface area contributed by atoms with Crippen LogP contribution in [0.5, 0.6) is 0 Å². The minimum absolute atomic E-state index is 0.141. The molecular weight excluding hydrogens is 270 g/mol. The van der Waals surface area contributed by atoms with Crippen LogP contribution >= 0.6 is 11.3 Å². The molecule has 0 aliphatic carbocycles. The van der Waals surface area contributed by atoms with Gasteiger partial charge in [0.15, 0.2) is 0 Å². The van der Waals surface area contributed by atoms with Crippen LogP contribution in [0.4, 0.5) is 0 Å². The molecule has 0 saturated carbocycles. The molecule has 2 fully saturated rings. The monoisotopic (exact) mass is 295 g/mol. The predicted octanol–water partition coefficient (Wildman–Crippen LogP) is 3.07. The molecule has 2 aliphatic rings. The molecule has 112 valence electrons. The first-order valence-electron chi connectivity index (χ1n) is 7.70. The van der Waals surface area contributed by atoms with Crippen molar-refractivity contribution in [2.75, 3.05) is 32.9 Å². The van der Waals surface area contributed by atoms with Crippen LogP contribution in [0.1, 0.15) is 30.2 Å². The summed E-state index contributed by atoms with van der Waals surface area (Å²) in [5.74, 6) is 0.690. The van der Waals surface area contributed by atoms with Crippen LogP contribution in [0.2, 0.25) is 0 Å². The molecule has 0 radical (unpaired) electrons. The molecule has 3 rings (SSSR count). The summed E-state index contributed by atoms with van der Waals surface area (Å²) >= 11 is 1.87. The van der Waals surface area contributed by atoms with Gasteiger partial charge >= 0.3 is 0 Å². The van der Waals surface area contributed by atoms with Crippen LogP contribution < -0.4 is 0 Å². The van der Waals surface area contributed by atoms with Gasteiger partial charge in [0.1, 0.15) is 0 Å². The van der Waals surface area contributed by atoms with Crippen LogP contribution in [0, 0.1) is 12.8 Å². The van der Waals surface area contributed by atoms with E-state index in [1.54, 1.807) is 0 Å². The molecule has 1 unspecified atom stereocenters. The molecule has 20 heavy (non-hydrogen) atoms. The van der Waals surface area contributed by atoms with Crippen molar-refractivity contribution in [1.82, 2.24) is 4.90 Å². The second-order valence-electron chi connectivity index (χ2n) is 6.06. The Morgan fingerprint density at radius 3 is 3.05 bits per heavy atom. The van der Waals surface area contributed by atoms with Crippen molar-refractivity contribution in [3.05, 3.63) is 21.9 Å². The van der Waals surface area contributed by atoms with Gasteiger partial charge in [-0.15, -0.1) is 11.3 Å². The largest absolute Gasteiger partial charge is 0.382 e. The zero-order chi connectivity index (χ0) is 14.0. The minimum atomic E-state index is 0.141. The van der Waals surface area contributed by atoms with Gasteiger partial charge in [-0.1, -0.05) is 0 Å². The van der Waals surface area contributed by atoms with E-state index >= 15 is 0 Å². The molecule has 4 heteroatoms. The zero-order valence-corrected chi connectivity index (χ0v) is 13.4. The van der Waals surface area contributed by atoms with Gasteiger partial charge in [-0.25, -0.2) is 0 Å². The first kappa shape index (κ1) is 14.5. The first-order chi connectivity index (χ1) is 9.73. The van der Waals surface area contributed by atoms with Gasteiger partial charge in [0.2, 0.25) is 0 Å². The fraction of sp³-hybridized carbons (Fsp3) is 0.750. The van der Waals surface area contributed by atoms with E-state index in [0.29, 0.717) is 5.92 Å². The van der Waals surface area contributed by atoms with Crippen LogP contribution in [0.3, 0.4) is 0 Å². The summed E-state index contributed by atoms with van der Waals surface area (Å²) in [7, 11) is 0. The second kappa shape index (κ2) is 6.14. The highest BCUT2D eigenvalue weighted by Gasteiger charge is 2.52. The number of aryl methyl sites for hydroxylation is 1. The molecule has 1 aromatic rings. The van der Waals surface area contributed by atoms with Crippen molar-refractivity contribution in [3.8, 4) is 0 Å². The summed E-state index contributed by atoms with van der Waals surface area (Å²) in [6, 6.07) is 2.21. The molecule has 2 saturated heterocycles. The fourth-order valence-corrected chi connectivity index (χ4v) is 4.45. The maximum atomic E-state index is 6.11. The Morgan fingerprint density at radius 1 is 1.50 bits per heavy atom. The average Bonchev–Trinajstić information content (AvgIpc) is 2.97. The van der Waals surface area contributed by atoms with Gasteiger partial charge < -0.3 is 9.47 Å². The maximum Gasteiger partial charge on any atom is 0.0964 e. The fourth-order valence-electron chi connectivity index (χ4n) is 3.50. The third-order valence-electron chi connectivity index (χ3n) is 4.73. The van der Waals surface area contributed by atoms with Crippen molar-refractivity contribution < 1.29 is 9.47 Å². The van der Waals surface area contributed by atoms with Crippen LogP contribution in [0.15, 0.2) is 11.4 Å². The smallest absolute Gasteiger partial charge is 0.0964 e. The summed E-state index contributed by atoms with van der Waals surface area (Å²) in [4.78, 5) is 4.03. The van der Waals surface area contributed by atoms with Crippen molar-refractivity contribution in [1.29, 1.82) is 0 Å². The summed E-state index contributed by atoms with van der Waals surface area (Å²) in [6.45, 7) is 10.2. The Kier molecular flexibility index (Phi) is 4.46. The van der Waals surface area contributed by atoms with E-state index in [0.717, 1.165) is 45.9 Å². The Morgan fingerprint density at radius 2 is 2.35 bits per heavy atom. The molecule has 1 spiro atoms. The molecule has 1 atom stereocenters. The number of likely N-dealkylation sites (tertiary alicyclic amines) is 1. The third-order valence-corrected chi connectivity index (χ3v) is 5.74. The SMILES string of the molecule is CCOCCC1CCOC12CN(Cc1sccc1C)C2. The van der Waals surface area contributed by atoms with Gasteiger partial charge in [0.25, 0.3) is 0 Å². The number of thiophene rings is 1. The van der Waals surface area contributed by atoms with Crippen LogP contribution in [0.25, 0.3) is 0 Å². The summed E-state index contributed by atoms with van der Waals surface area (Å²) in [6.07, 6.45) is 2.36. The molecule has 3 nitrogen and oxygen atoms in total. The molecule has 2 aliphatic heterocycles. The van der Waals surface area contributed by atoms with Crippen molar-refractivity contribution >= 4 is 11.3 Å². The highest BCUT2D eigenvalue weighted by Crippen LogP contribution is 2.42. The van der Waals surface area contributed by atoms with Gasteiger partial charge in [0, 0.05) is 44.3 Å². The zero-order valence-electron chi connectivity index (χ0n) is 12.6. The van der Waals surface area contributed by atoms with Crippen molar-refractivity contribution in [2.45, 2.75) is 38.8 Å². The lowest BCUT2D eigenvalue weighted by Crippen LogP contribution is -2.64. The Hall–Kier alpha value is -0.420. The lowest BCUT2D eigenvalue weighted by atomic mass is 9.79. The van der Waals surface area contributed by atoms with Gasteiger partial charge in [-0.05, 0) is 49.6 Å². The van der Waals surface area contributed by atoms with E-state index in [-0.39, 0.29) is 5.60 Å². The second-order valence-corrected chi connectivity index (χ2v) is 7.06. The normalized spacial score (nSPS) is 25.2. The lowest BCUT2D eigenvalue weighted by Gasteiger charge is -2.50. The quantitative estimate of drug-likeness (QED) is 0.753. The number of nitrogens with zero attached hydrogens (tertiary/aromatic N) is 1. The molecule has 0 aromatic carbocycles. The molecule has 1 aromatic heterocycles. The lowest BCUT2D eigenvalue weighted by molar-refractivity contribution is -0.138. The maximum absolute atomic E-state index is 6.11. The van der Waals surface area contributed by atoms with E-state index in [4.69, 9.17) is 9.47 Å². The Bertz CT molecular complexity index is 439. The molecular formula is C16H25NO2S. The topological polar surface area (TPSA) is 21.7 Å². The molecule has 0 amide bonds. The van der Waals surface area contributed by atoms with Crippen molar-refractivity contribution in [2.24, 2.45) is 5.92 Å². The first-order valence-corrected chi connectivity index (χ1v) is 8.58. The summed E-state index contributed by atoms with van der Waals surface area (Å²) in [5.41, 5.74) is 1.57. The molecule has 3 heterocycles. The van der Waals surface area contributed by atoms with Crippen molar-refractivity contribution in [3.63, 3.8) is 0 Å². The summed E-state index contributed by atoms with van der Waals surface area (Å²) in [5, 5.41) is 2.19. The van der Waals surface area contributed by atoms with E-state index in [2.05, 4.69) is 30.2 Å². The average molecular weight is 295 g/mol. The van der Waals surface area contributed by atoms with E-state index in [1.165, 1.54) is 16.9 Å². The number of hydrogen-bond acceptors (Lipinski definition) is 4. The standard InChI is InChI=1S/C16H25NO2S/c1-3-18-7-4-14-5-8-19-16(14)11-17(12-16)10-15-13(2)6-9-20-15/h6,9,14H,3-5,7-8,10-12H2,1-2H3. The van der Waals surface area contributed by atoms with Gasteiger partial charge in [0.05, 0.1) is 5.60 Å².